The molecule has 6 nitrogen and oxygen atoms in total. The minimum absolute atomic E-state index is 0.0217. The Kier molecular flexibility index (Phi) is 5.24. The lowest BCUT2D eigenvalue weighted by atomic mass is 9.81. The lowest BCUT2D eigenvalue weighted by molar-refractivity contribution is -0.125. The summed E-state index contributed by atoms with van der Waals surface area (Å²) in [5.41, 5.74) is 5.57. The van der Waals surface area contributed by atoms with Crippen LogP contribution < -0.4 is 11.1 Å². The number of nitrogens with one attached hydrogen (secondary N) is 1. The summed E-state index contributed by atoms with van der Waals surface area (Å²) in [7, 11) is -3.33. The molecule has 1 amide bonds. The van der Waals surface area contributed by atoms with Crippen LogP contribution in [0.4, 0.5) is 5.69 Å². The Labute approximate surface area is 119 Å². The van der Waals surface area contributed by atoms with E-state index in [2.05, 4.69) is 10.3 Å². The fraction of sp³-hybridized carbons (Fsp3) is 0.538. The Hall–Kier alpha value is -1.47. The van der Waals surface area contributed by atoms with Crippen molar-refractivity contribution in [2.75, 3.05) is 18.1 Å². The van der Waals surface area contributed by atoms with Crippen LogP contribution in [0, 0.1) is 5.41 Å². The Morgan fingerprint density at radius 2 is 1.95 bits per heavy atom. The molecule has 0 atom stereocenters. The first-order chi connectivity index (χ1) is 9.29. The molecule has 0 aliphatic carbocycles. The smallest absolute Gasteiger partial charge is 0.231 e. The first-order valence-corrected chi connectivity index (χ1v) is 8.36. The first kappa shape index (κ1) is 16.6. The molecule has 1 aromatic heterocycles. The lowest BCUT2D eigenvalue weighted by Crippen LogP contribution is -2.41. The highest BCUT2D eigenvalue weighted by Crippen LogP contribution is 2.26. The van der Waals surface area contributed by atoms with Crippen molar-refractivity contribution in [2.24, 2.45) is 11.1 Å². The molecule has 0 aliphatic heterocycles. The van der Waals surface area contributed by atoms with Gasteiger partial charge in [-0.2, -0.15) is 0 Å². The van der Waals surface area contributed by atoms with Crippen LogP contribution in [-0.4, -0.2) is 32.1 Å². The molecular weight excluding hydrogens is 278 g/mol. The number of sulfone groups is 1. The van der Waals surface area contributed by atoms with Crippen LogP contribution in [0.3, 0.4) is 0 Å². The van der Waals surface area contributed by atoms with Gasteiger partial charge in [-0.3, -0.25) is 4.79 Å². The normalized spacial score (nSPS) is 12.2. The van der Waals surface area contributed by atoms with Crippen molar-refractivity contribution in [1.29, 1.82) is 0 Å². The van der Waals surface area contributed by atoms with Gasteiger partial charge in [-0.05, 0) is 25.0 Å². The van der Waals surface area contributed by atoms with E-state index in [9.17, 15) is 13.2 Å². The topological polar surface area (TPSA) is 102 Å². The van der Waals surface area contributed by atoms with E-state index in [1.807, 2.05) is 13.8 Å². The van der Waals surface area contributed by atoms with Gasteiger partial charge in [-0.15, -0.1) is 0 Å². The number of aromatic nitrogens is 1. The van der Waals surface area contributed by atoms with Gasteiger partial charge in [0.2, 0.25) is 5.91 Å². The molecule has 1 heterocycles. The number of nitrogens with two attached hydrogens (primary N) is 1. The highest BCUT2D eigenvalue weighted by atomic mass is 32.2. The number of hydrogen-bond acceptors (Lipinski definition) is 5. The van der Waals surface area contributed by atoms with Crippen molar-refractivity contribution in [2.45, 2.75) is 31.7 Å². The third kappa shape index (κ3) is 3.55. The second-order valence-electron chi connectivity index (χ2n) is 4.80. The summed E-state index contributed by atoms with van der Waals surface area (Å²) in [6.07, 6.45) is 3.70. The molecule has 3 N–H and O–H groups in total. The molecule has 0 unspecified atom stereocenters. The average Bonchev–Trinajstić information content (AvgIpc) is 2.41. The average molecular weight is 299 g/mol. The molecule has 0 fully saturated rings. The van der Waals surface area contributed by atoms with Crippen LogP contribution in [0.15, 0.2) is 23.4 Å². The Bertz CT molecular complexity index is 555. The number of pyridine rings is 1. The Balaban J connectivity index is 2.91. The minimum Gasteiger partial charge on any atom is -0.329 e. The largest absolute Gasteiger partial charge is 0.329 e. The van der Waals surface area contributed by atoms with Gasteiger partial charge in [-0.1, -0.05) is 13.8 Å². The van der Waals surface area contributed by atoms with Gasteiger partial charge in [0.15, 0.2) is 14.9 Å². The fourth-order valence-electron chi connectivity index (χ4n) is 1.89. The summed E-state index contributed by atoms with van der Waals surface area (Å²) in [6.45, 7) is 4.10. The Morgan fingerprint density at radius 1 is 1.35 bits per heavy atom. The van der Waals surface area contributed by atoms with Gasteiger partial charge in [0.25, 0.3) is 0 Å². The summed E-state index contributed by atoms with van der Waals surface area (Å²) >= 11 is 0. The van der Waals surface area contributed by atoms with Crippen molar-refractivity contribution < 1.29 is 13.2 Å². The molecule has 0 bridgehead atoms. The summed E-state index contributed by atoms with van der Waals surface area (Å²) in [4.78, 5) is 16.1. The van der Waals surface area contributed by atoms with E-state index >= 15 is 0 Å². The molecule has 7 heteroatoms. The number of anilines is 1. The van der Waals surface area contributed by atoms with Gasteiger partial charge in [0.05, 0.1) is 17.3 Å². The minimum atomic E-state index is -3.33. The maximum Gasteiger partial charge on any atom is 0.231 e. The molecule has 0 saturated heterocycles. The summed E-state index contributed by atoms with van der Waals surface area (Å²) in [6, 6.07) is 2.89. The van der Waals surface area contributed by atoms with E-state index in [1.165, 1.54) is 18.3 Å². The predicted molar refractivity (Wildman–Crippen MR) is 78.0 cm³/mol. The number of carbonyl (C=O) groups excluding carboxylic acids is 1. The molecule has 20 heavy (non-hydrogen) atoms. The molecule has 0 aromatic carbocycles. The van der Waals surface area contributed by atoms with Crippen LogP contribution in [-0.2, 0) is 14.6 Å². The summed E-state index contributed by atoms with van der Waals surface area (Å²) in [5, 5.41) is 2.72. The maximum absolute atomic E-state index is 12.3. The van der Waals surface area contributed by atoms with Crippen molar-refractivity contribution in [3.8, 4) is 0 Å². The summed E-state index contributed by atoms with van der Waals surface area (Å²) in [5.74, 6) is -0.168. The number of amides is 1. The molecule has 1 rings (SSSR count). The van der Waals surface area contributed by atoms with Crippen molar-refractivity contribution in [1.82, 2.24) is 4.98 Å². The van der Waals surface area contributed by atoms with Crippen LogP contribution >= 0.6 is 0 Å². The maximum atomic E-state index is 12.3. The molecule has 0 spiro atoms. The zero-order chi connectivity index (χ0) is 15.4. The van der Waals surface area contributed by atoms with E-state index in [4.69, 9.17) is 5.73 Å². The van der Waals surface area contributed by atoms with E-state index < -0.39 is 15.3 Å². The number of rotatable bonds is 6. The molecule has 1 aromatic rings. The van der Waals surface area contributed by atoms with E-state index in [-0.39, 0.29) is 17.5 Å². The van der Waals surface area contributed by atoms with Crippen LogP contribution in [0.25, 0.3) is 0 Å². The quantitative estimate of drug-likeness (QED) is 0.821. The first-order valence-electron chi connectivity index (χ1n) is 6.46. The zero-order valence-corrected chi connectivity index (χ0v) is 12.8. The third-order valence-corrected chi connectivity index (χ3v) is 4.60. The SMILES string of the molecule is CCC(CC)(CN)C(=O)Nc1ccc(S(C)(=O)=O)nc1. The monoisotopic (exact) mass is 299 g/mol. The highest BCUT2D eigenvalue weighted by Gasteiger charge is 2.33. The van der Waals surface area contributed by atoms with Gasteiger partial charge < -0.3 is 11.1 Å². The molecule has 112 valence electrons. The fourth-order valence-corrected chi connectivity index (χ4v) is 2.45. The predicted octanol–water partition coefficient (Wildman–Crippen LogP) is 1.19. The van der Waals surface area contributed by atoms with Crippen LogP contribution in [0.5, 0.6) is 0 Å². The molecule has 0 aliphatic rings. The van der Waals surface area contributed by atoms with Crippen LogP contribution in [0.2, 0.25) is 0 Å². The van der Waals surface area contributed by atoms with Crippen LogP contribution in [0.1, 0.15) is 26.7 Å². The second kappa shape index (κ2) is 6.32. The molecular formula is C13H21N3O3S. The van der Waals surface area contributed by atoms with Gasteiger partial charge >= 0.3 is 0 Å². The van der Waals surface area contributed by atoms with E-state index in [0.29, 0.717) is 18.5 Å². The van der Waals surface area contributed by atoms with E-state index in [0.717, 1.165) is 6.26 Å². The van der Waals surface area contributed by atoms with Crippen molar-refractivity contribution in [3.05, 3.63) is 18.3 Å². The number of nitrogens with zero attached hydrogens (tertiary/aromatic N) is 1. The van der Waals surface area contributed by atoms with E-state index in [1.54, 1.807) is 0 Å². The van der Waals surface area contributed by atoms with Gasteiger partial charge in [-0.25, -0.2) is 13.4 Å². The number of carbonyl (C=O) groups is 1. The van der Waals surface area contributed by atoms with Gasteiger partial charge in [0.1, 0.15) is 0 Å². The zero-order valence-electron chi connectivity index (χ0n) is 12.0. The molecule has 0 saturated carbocycles. The molecule has 0 radical (unpaired) electrons. The highest BCUT2D eigenvalue weighted by molar-refractivity contribution is 7.90. The standard InChI is InChI=1S/C13H21N3O3S/c1-4-13(5-2,9-14)12(17)16-10-6-7-11(15-8-10)20(3,18)19/h6-8H,4-5,9,14H2,1-3H3,(H,16,17). The second-order valence-corrected chi connectivity index (χ2v) is 6.77. The van der Waals surface area contributed by atoms with Crippen molar-refractivity contribution >= 4 is 21.4 Å². The van der Waals surface area contributed by atoms with Crippen molar-refractivity contribution in [3.63, 3.8) is 0 Å². The lowest BCUT2D eigenvalue weighted by Gasteiger charge is -2.28. The van der Waals surface area contributed by atoms with Gasteiger partial charge in [0, 0.05) is 12.8 Å². The Morgan fingerprint density at radius 3 is 2.30 bits per heavy atom. The summed E-state index contributed by atoms with van der Waals surface area (Å²) < 4.78 is 22.6. The number of hydrogen-bond donors (Lipinski definition) is 2. The third-order valence-electron chi connectivity index (χ3n) is 3.60.